The topological polar surface area (TPSA) is 70.8 Å². The Morgan fingerprint density at radius 3 is 3.23 bits per heavy atom. The third kappa shape index (κ3) is 2.69. The molecule has 1 aromatic rings. The number of hydrogen-bond donors (Lipinski definition) is 1. The molecular formula is C8H10N4O. The molecule has 0 aliphatic heterocycles. The van der Waals surface area contributed by atoms with Crippen LogP contribution in [0.2, 0.25) is 0 Å². The van der Waals surface area contributed by atoms with Crippen molar-refractivity contribution in [2.24, 2.45) is 0 Å². The van der Waals surface area contributed by atoms with Crippen molar-refractivity contribution in [2.45, 2.75) is 0 Å². The molecule has 0 aliphatic rings. The predicted octanol–water partition coefficient (Wildman–Crippen LogP) is 0.407. The van der Waals surface area contributed by atoms with Crippen LogP contribution in [-0.4, -0.2) is 30.5 Å². The van der Waals surface area contributed by atoms with E-state index in [9.17, 15) is 0 Å². The number of nitrogens with one attached hydrogen (secondary N) is 1. The Hall–Kier alpha value is -1.67. The van der Waals surface area contributed by atoms with E-state index in [1.54, 1.807) is 13.2 Å². The normalized spacial score (nSPS) is 9.23. The Morgan fingerprint density at radius 2 is 2.54 bits per heavy atom. The molecule has 0 fully saturated rings. The molecule has 0 aliphatic carbocycles. The largest absolute Gasteiger partial charge is 0.383 e. The number of ether oxygens (including phenoxy) is 1. The summed E-state index contributed by atoms with van der Waals surface area (Å²) in [4.78, 5) is 0. The first-order valence-corrected chi connectivity index (χ1v) is 3.83. The lowest BCUT2D eigenvalue weighted by Gasteiger charge is -2.03. The van der Waals surface area contributed by atoms with Crippen LogP contribution in [0.15, 0.2) is 12.3 Å². The molecule has 0 unspecified atom stereocenters. The van der Waals surface area contributed by atoms with Crippen LogP contribution < -0.4 is 5.32 Å². The van der Waals surface area contributed by atoms with Gasteiger partial charge in [-0.05, 0) is 6.07 Å². The van der Waals surface area contributed by atoms with E-state index < -0.39 is 0 Å². The van der Waals surface area contributed by atoms with Gasteiger partial charge in [0.25, 0.3) is 0 Å². The number of nitriles is 1. The summed E-state index contributed by atoms with van der Waals surface area (Å²) in [6.45, 7) is 1.19. The minimum atomic E-state index is 0.492. The number of rotatable bonds is 4. The SMILES string of the molecule is COCCNc1nnccc1C#N. The molecule has 1 rings (SSSR count). The summed E-state index contributed by atoms with van der Waals surface area (Å²) in [5, 5.41) is 19.1. The van der Waals surface area contributed by atoms with Gasteiger partial charge in [0.05, 0.1) is 18.4 Å². The first kappa shape index (κ1) is 9.42. The van der Waals surface area contributed by atoms with Gasteiger partial charge in [-0.3, -0.25) is 0 Å². The summed E-state index contributed by atoms with van der Waals surface area (Å²) in [6, 6.07) is 3.63. The zero-order valence-corrected chi connectivity index (χ0v) is 7.32. The lowest BCUT2D eigenvalue weighted by atomic mass is 10.3. The number of methoxy groups -OCH3 is 1. The summed E-state index contributed by atoms with van der Waals surface area (Å²) in [5.74, 6) is 0.502. The average molecular weight is 178 g/mol. The van der Waals surface area contributed by atoms with Crippen molar-refractivity contribution in [1.29, 1.82) is 5.26 Å². The maximum Gasteiger partial charge on any atom is 0.166 e. The van der Waals surface area contributed by atoms with Gasteiger partial charge in [0.1, 0.15) is 6.07 Å². The highest BCUT2D eigenvalue weighted by Gasteiger charge is 2.00. The van der Waals surface area contributed by atoms with Crippen LogP contribution in [0, 0.1) is 11.3 Å². The molecule has 0 saturated heterocycles. The van der Waals surface area contributed by atoms with Gasteiger partial charge in [-0.25, -0.2) is 0 Å². The lowest BCUT2D eigenvalue weighted by molar-refractivity contribution is 0.210. The summed E-state index contributed by atoms with van der Waals surface area (Å²) >= 11 is 0. The number of hydrogen-bond acceptors (Lipinski definition) is 5. The Kier molecular flexibility index (Phi) is 3.67. The standard InChI is InChI=1S/C8H10N4O/c1-13-5-4-10-8-7(6-9)2-3-11-12-8/h2-3H,4-5H2,1H3,(H,10,12). The summed E-state index contributed by atoms with van der Waals surface area (Å²) < 4.78 is 4.84. The Morgan fingerprint density at radius 1 is 1.69 bits per heavy atom. The van der Waals surface area contributed by atoms with Crippen LogP contribution in [0.5, 0.6) is 0 Å². The molecule has 0 spiro atoms. The molecule has 0 bridgehead atoms. The van der Waals surface area contributed by atoms with Crippen LogP contribution in [-0.2, 0) is 4.74 Å². The summed E-state index contributed by atoms with van der Waals surface area (Å²) in [6.07, 6.45) is 1.49. The molecule has 0 saturated carbocycles. The zero-order chi connectivity index (χ0) is 9.52. The second-order valence-electron chi connectivity index (χ2n) is 2.32. The molecule has 1 N–H and O–H groups in total. The van der Waals surface area contributed by atoms with Crippen molar-refractivity contribution in [1.82, 2.24) is 10.2 Å². The summed E-state index contributed by atoms with van der Waals surface area (Å²) in [7, 11) is 1.61. The van der Waals surface area contributed by atoms with Crippen LogP contribution in [0.1, 0.15) is 5.56 Å². The number of nitrogens with zero attached hydrogens (tertiary/aromatic N) is 3. The van der Waals surface area contributed by atoms with E-state index in [1.165, 1.54) is 6.20 Å². The molecule has 5 heteroatoms. The monoisotopic (exact) mass is 178 g/mol. The van der Waals surface area contributed by atoms with Gasteiger partial charge < -0.3 is 10.1 Å². The maximum atomic E-state index is 8.69. The first-order chi connectivity index (χ1) is 6.38. The van der Waals surface area contributed by atoms with Crippen molar-refractivity contribution in [3.63, 3.8) is 0 Å². The first-order valence-electron chi connectivity index (χ1n) is 3.83. The highest BCUT2D eigenvalue weighted by Crippen LogP contribution is 2.06. The van der Waals surface area contributed by atoms with E-state index in [2.05, 4.69) is 15.5 Å². The minimum absolute atomic E-state index is 0.492. The molecule has 0 amide bonds. The Balaban J connectivity index is 2.60. The van der Waals surface area contributed by atoms with Crippen molar-refractivity contribution in [3.05, 3.63) is 17.8 Å². The van der Waals surface area contributed by atoms with E-state index in [0.29, 0.717) is 24.5 Å². The fourth-order valence-corrected chi connectivity index (χ4v) is 0.824. The Labute approximate surface area is 76.4 Å². The van der Waals surface area contributed by atoms with Gasteiger partial charge in [0.15, 0.2) is 5.82 Å². The Bertz CT molecular complexity index is 307. The highest BCUT2D eigenvalue weighted by atomic mass is 16.5. The second kappa shape index (κ2) is 5.06. The van der Waals surface area contributed by atoms with Crippen molar-refractivity contribution < 1.29 is 4.74 Å². The molecule has 0 aromatic carbocycles. The highest BCUT2D eigenvalue weighted by molar-refractivity contribution is 5.49. The minimum Gasteiger partial charge on any atom is -0.383 e. The van der Waals surface area contributed by atoms with Gasteiger partial charge in [-0.15, -0.1) is 5.10 Å². The molecule has 13 heavy (non-hydrogen) atoms. The number of aromatic nitrogens is 2. The molecule has 1 heterocycles. The van der Waals surface area contributed by atoms with Gasteiger partial charge in [0, 0.05) is 13.7 Å². The van der Waals surface area contributed by atoms with Crippen LogP contribution in [0.3, 0.4) is 0 Å². The van der Waals surface area contributed by atoms with E-state index in [1.807, 2.05) is 6.07 Å². The van der Waals surface area contributed by atoms with Crippen LogP contribution in [0.25, 0.3) is 0 Å². The van der Waals surface area contributed by atoms with Crippen LogP contribution in [0.4, 0.5) is 5.82 Å². The summed E-state index contributed by atoms with van der Waals surface area (Å²) in [5.41, 5.74) is 0.492. The van der Waals surface area contributed by atoms with Crippen molar-refractivity contribution in [2.75, 3.05) is 25.6 Å². The average Bonchev–Trinajstić information content (AvgIpc) is 2.19. The second-order valence-corrected chi connectivity index (χ2v) is 2.32. The third-order valence-electron chi connectivity index (χ3n) is 1.44. The smallest absolute Gasteiger partial charge is 0.166 e. The van der Waals surface area contributed by atoms with Gasteiger partial charge in [-0.2, -0.15) is 10.4 Å². The maximum absolute atomic E-state index is 8.69. The van der Waals surface area contributed by atoms with Crippen molar-refractivity contribution >= 4 is 5.82 Å². The third-order valence-corrected chi connectivity index (χ3v) is 1.44. The van der Waals surface area contributed by atoms with E-state index in [0.717, 1.165) is 0 Å². The van der Waals surface area contributed by atoms with E-state index in [4.69, 9.17) is 10.00 Å². The fourth-order valence-electron chi connectivity index (χ4n) is 0.824. The fraction of sp³-hybridized carbons (Fsp3) is 0.375. The van der Waals surface area contributed by atoms with Gasteiger partial charge in [0.2, 0.25) is 0 Å². The van der Waals surface area contributed by atoms with Crippen LogP contribution >= 0.6 is 0 Å². The molecule has 5 nitrogen and oxygen atoms in total. The molecule has 0 radical (unpaired) electrons. The zero-order valence-electron chi connectivity index (χ0n) is 7.32. The van der Waals surface area contributed by atoms with Gasteiger partial charge in [-0.1, -0.05) is 0 Å². The number of anilines is 1. The molecule has 0 atom stereocenters. The predicted molar refractivity (Wildman–Crippen MR) is 47.1 cm³/mol. The molecular weight excluding hydrogens is 168 g/mol. The quantitative estimate of drug-likeness (QED) is 0.676. The van der Waals surface area contributed by atoms with Gasteiger partial charge >= 0.3 is 0 Å². The lowest BCUT2D eigenvalue weighted by Crippen LogP contribution is -2.10. The van der Waals surface area contributed by atoms with E-state index >= 15 is 0 Å². The van der Waals surface area contributed by atoms with E-state index in [-0.39, 0.29) is 0 Å². The molecule has 1 aromatic heterocycles. The molecule has 68 valence electrons. The van der Waals surface area contributed by atoms with Crippen molar-refractivity contribution in [3.8, 4) is 6.07 Å².